The van der Waals surface area contributed by atoms with E-state index in [1.54, 1.807) is 44.2 Å². The van der Waals surface area contributed by atoms with Crippen molar-refractivity contribution < 1.29 is 36.9 Å². The van der Waals surface area contributed by atoms with Gasteiger partial charge in [-0.25, -0.2) is 0 Å². The van der Waals surface area contributed by atoms with E-state index in [2.05, 4.69) is 10.2 Å². The molecule has 36 heavy (non-hydrogen) atoms. The maximum Gasteiger partial charge on any atom is 0.452 e. The molecule has 0 amide bonds. The number of fused-ring (bicyclic) bond motifs is 3. The van der Waals surface area contributed by atoms with Crippen molar-refractivity contribution in [3.63, 3.8) is 0 Å². The van der Waals surface area contributed by atoms with Gasteiger partial charge in [-0.1, -0.05) is 23.7 Å². The van der Waals surface area contributed by atoms with E-state index in [4.69, 9.17) is 30.5 Å². The highest BCUT2D eigenvalue weighted by atomic mass is 35.5. The van der Waals surface area contributed by atoms with Gasteiger partial charge in [-0.05, 0) is 38.1 Å². The molecule has 3 aromatic rings. The molecule has 2 heterocycles. The first kappa shape index (κ1) is 25.8. The number of aromatic nitrogens is 3. The Morgan fingerprint density at radius 2 is 1.92 bits per heavy atom. The summed E-state index contributed by atoms with van der Waals surface area (Å²) in [6.45, 7) is 3.84. The van der Waals surface area contributed by atoms with Crippen molar-refractivity contribution in [2.45, 2.75) is 38.7 Å². The van der Waals surface area contributed by atoms with E-state index >= 15 is 0 Å². The topological polar surface area (TPSA) is 84.7 Å². The number of carbonyl (C=O) groups is 1. The normalized spacial score (nSPS) is 17.1. The fourth-order valence-corrected chi connectivity index (χ4v) is 4.37. The molecule has 0 saturated heterocycles. The highest BCUT2D eigenvalue weighted by molar-refractivity contribution is 6.32. The van der Waals surface area contributed by atoms with Gasteiger partial charge in [-0.15, -0.1) is 10.2 Å². The van der Waals surface area contributed by atoms with E-state index in [-0.39, 0.29) is 23.1 Å². The third-order valence-corrected chi connectivity index (χ3v) is 5.92. The summed E-state index contributed by atoms with van der Waals surface area (Å²) in [5, 5.41) is 7.39. The quantitative estimate of drug-likeness (QED) is 0.379. The molecule has 2 aromatic carbocycles. The molecule has 1 aliphatic heterocycles. The summed E-state index contributed by atoms with van der Waals surface area (Å²) in [6.07, 6.45) is -7.47. The van der Waals surface area contributed by atoms with E-state index in [9.17, 15) is 18.0 Å². The molecule has 0 radical (unpaired) electrons. The molecule has 192 valence electrons. The predicted molar refractivity (Wildman–Crippen MR) is 122 cm³/mol. The van der Waals surface area contributed by atoms with Gasteiger partial charge in [0.15, 0.2) is 5.82 Å². The Morgan fingerprint density at radius 1 is 1.14 bits per heavy atom. The molecular formula is C24H23ClF3N3O5. The third-order valence-electron chi connectivity index (χ3n) is 5.52. The summed E-state index contributed by atoms with van der Waals surface area (Å²) >= 11 is 6.61. The second-order valence-corrected chi connectivity index (χ2v) is 8.12. The predicted octanol–water partition coefficient (Wildman–Crippen LogP) is 5.46. The number of benzene rings is 2. The summed E-state index contributed by atoms with van der Waals surface area (Å²) in [7, 11) is 1.44. The number of carbonyl (C=O) groups excluding carboxylic acids is 1. The van der Waals surface area contributed by atoms with Gasteiger partial charge in [0.05, 0.1) is 37.5 Å². The largest absolute Gasteiger partial charge is 0.495 e. The van der Waals surface area contributed by atoms with E-state index in [0.29, 0.717) is 29.2 Å². The zero-order valence-electron chi connectivity index (χ0n) is 19.6. The molecule has 0 spiro atoms. The van der Waals surface area contributed by atoms with Gasteiger partial charge in [0.2, 0.25) is 5.82 Å². The van der Waals surface area contributed by atoms with Crippen LogP contribution in [-0.2, 0) is 20.4 Å². The number of rotatable bonds is 7. The average Bonchev–Trinajstić information content (AvgIpc) is 3.24. The second-order valence-electron chi connectivity index (χ2n) is 7.75. The highest BCUT2D eigenvalue weighted by Gasteiger charge is 2.44. The Bertz CT molecular complexity index is 1260. The van der Waals surface area contributed by atoms with Crippen LogP contribution in [-0.4, -0.2) is 41.1 Å². The van der Waals surface area contributed by atoms with Crippen molar-refractivity contribution in [1.29, 1.82) is 0 Å². The maximum absolute atomic E-state index is 14.0. The molecule has 4 rings (SSSR count). The monoisotopic (exact) mass is 525 g/mol. The van der Waals surface area contributed by atoms with Crippen molar-refractivity contribution in [3.05, 3.63) is 64.2 Å². The molecule has 0 N–H and O–H groups in total. The van der Waals surface area contributed by atoms with Crippen molar-refractivity contribution >= 4 is 17.6 Å². The summed E-state index contributed by atoms with van der Waals surface area (Å²) in [5.41, 5.74) is 0.849. The summed E-state index contributed by atoms with van der Waals surface area (Å²) < 4.78 is 65.2. The molecule has 12 heteroatoms. The van der Waals surface area contributed by atoms with Crippen molar-refractivity contribution in [2.75, 3.05) is 20.3 Å². The molecule has 0 saturated carbocycles. The number of hydrogen-bond acceptors (Lipinski definition) is 7. The second kappa shape index (κ2) is 10.4. The Morgan fingerprint density at radius 3 is 2.58 bits per heavy atom. The van der Waals surface area contributed by atoms with Crippen molar-refractivity contribution in [3.8, 4) is 17.2 Å². The Balaban J connectivity index is 1.99. The molecule has 0 bridgehead atoms. The average molecular weight is 526 g/mol. The van der Waals surface area contributed by atoms with Gasteiger partial charge in [0, 0.05) is 11.1 Å². The van der Waals surface area contributed by atoms with Crippen LogP contribution in [0.3, 0.4) is 0 Å². The molecule has 2 unspecified atom stereocenters. The first-order valence-corrected chi connectivity index (χ1v) is 11.5. The lowest BCUT2D eigenvalue weighted by atomic mass is 9.98. The minimum Gasteiger partial charge on any atom is -0.495 e. The van der Waals surface area contributed by atoms with Crippen LogP contribution in [0.5, 0.6) is 11.5 Å². The summed E-state index contributed by atoms with van der Waals surface area (Å²) in [5.74, 6) is -1.35. The minimum atomic E-state index is -4.83. The number of hydrogen-bond donors (Lipinski definition) is 0. The summed E-state index contributed by atoms with van der Waals surface area (Å²) in [6, 6.07) is 9.59. The zero-order valence-corrected chi connectivity index (χ0v) is 20.4. The Kier molecular flexibility index (Phi) is 7.41. The number of halogens is 4. The summed E-state index contributed by atoms with van der Waals surface area (Å²) in [4.78, 5) is 12.4. The van der Waals surface area contributed by atoms with Crippen LogP contribution in [0.4, 0.5) is 13.2 Å². The molecule has 0 aliphatic carbocycles. The molecule has 2 atom stereocenters. The van der Waals surface area contributed by atoms with Gasteiger partial charge < -0.3 is 18.9 Å². The lowest BCUT2D eigenvalue weighted by Gasteiger charge is -2.24. The van der Waals surface area contributed by atoms with E-state index < -0.39 is 36.6 Å². The van der Waals surface area contributed by atoms with E-state index in [1.807, 2.05) is 0 Å². The smallest absolute Gasteiger partial charge is 0.452 e. The Hall–Kier alpha value is -3.31. The van der Waals surface area contributed by atoms with Crippen LogP contribution < -0.4 is 9.47 Å². The molecule has 1 aromatic heterocycles. The fourth-order valence-electron chi connectivity index (χ4n) is 4.07. The van der Waals surface area contributed by atoms with Crippen LogP contribution in [0, 0.1) is 0 Å². The molecular weight excluding hydrogens is 503 g/mol. The van der Waals surface area contributed by atoms with Crippen LogP contribution in [0.1, 0.15) is 55.3 Å². The third kappa shape index (κ3) is 4.85. The van der Waals surface area contributed by atoms with Gasteiger partial charge in [-0.3, -0.25) is 9.36 Å². The highest BCUT2D eigenvalue weighted by Crippen LogP contribution is 2.46. The van der Waals surface area contributed by atoms with Gasteiger partial charge in [-0.2, -0.15) is 13.2 Å². The van der Waals surface area contributed by atoms with Crippen LogP contribution in [0.15, 0.2) is 36.4 Å². The maximum atomic E-state index is 14.0. The van der Waals surface area contributed by atoms with Crippen LogP contribution >= 0.6 is 11.6 Å². The number of ether oxygens (including phenoxy) is 4. The standard InChI is InChI=1S/C24H23ClF3N3O5/c1-4-34-13-9-10-16-15(11-13)21(14-7-6-8-17(33-3)20(14)25)36-18(12-19(32)35-5-2)22-29-30-23(31(16)22)24(26,27)28/h6-11,18,21H,4-5,12H2,1-3H3. The van der Waals surface area contributed by atoms with Crippen molar-refractivity contribution in [2.24, 2.45) is 0 Å². The van der Waals surface area contributed by atoms with E-state index in [0.717, 1.165) is 4.57 Å². The van der Waals surface area contributed by atoms with Gasteiger partial charge in [0.1, 0.15) is 23.7 Å². The van der Waals surface area contributed by atoms with E-state index in [1.165, 1.54) is 13.2 Å². The van der Waals surface area contributed by atoms with Gasteiger partial charge in [0.25, 0.3) is 0 Å². The molecule has 8 nitrogen and oxygen atoms in total. The first-order chi connectivity index (χ1) is 17.2. The first-order valence-electron chi connectivity index (χ1n) is 11.1. The molecule has 0 fully saturated rings. The Labute approximate surface area is 209 Å². The number of methoxy groups -OCH3 is 1. The zero-order chi connectivity index (χ0) is 26.0. The SMILES string of the molecule is CCOC(=O)CC1OC(c2cccc(OC)c2Cl)c2cc(OCC)ccc2-n2c1nnc2C(F)(F)F. The number of alkyl halides is 3. The number of esters is 1. The fraction of sp³-hybridized carbons (Fsp3) is 0.375. The number of nitrogens with zero attached hydrogens (tertiary/aromatic N) is 3. The van der Waals surface area contributed by atoms with Crippen molar-refractivity contribution in [1.82, 2.24) is 14.8 Å². The molecule has 1 aliphatic rings. The van der Waals surface area contributed by atoms with Crippen LogP contribution in [0.25, 0.3) is 5.69 Å². The van der Waals surface area contributed by atoms with Crippen LogP contribution in [0.2, 0.25) is 5.02 Å². The van der Waals surface area contributed by atoms with Gasteiger partial charge >= 0.3 is 12.1 Å². The minimum absolute atomic E-state index is 0.0924. The lowest BCUT2D eigenvalue weighted by Crippen LogP contribution is -2.18. The lowest BCUT2D eigenvalue weighted by molar-refractivity contribution is -0.147.